The largest absolute Gasteiger partial charge is 0.350 e. The molecule has 1 fully saturated rings. The summed E-state index contributed by atoms with van der Waals surface area (Å²) in [6.45, 7) is 10.1. The van der Waals surface area contributed by atoms with Crippen LogP contribution in [0.4, 0.5) is 0 Å². The number of ether oxygens (including phenoxy) is 2. The number of rotatable bonds is 3. The summed E-state index contributed by atoms with van der Waals surface area (Å²) in [5, 5.41) is 0. The van der Waals surface area contributed by atoms with Crippen LogP contribution >= 0.6 is 0 Å². The van der Waals surface area contributed by atoms with Crippen molar-refractivity contribution in [3.63, 3.8) is 0 Å². The topological polar surface area (TPSA) is 18.5 Å². The van der Waals surface area contributed by atoms with Gasteiger partial charge in [0.15, 0.2) is 5.79 Å². The van der Waals surface area contributed by atoms with Gasteiger partial charge >= 0.3 is 0 Å². The third kappa shape index (κ3) is 2.68. The maximum absolute atomic E-state index is 5.70. The summed E-state index contributed by atoms with van der Waals surface area (Å²) >= 11 is 0. The Morgan fingerprint density at radius 1 is 1.08 bits per heavy atom. The molecule has 0 aliphatic carbocycles. The highest BCUT2D eigenvalue weighted by Gasteiger charge is 2.37. The lowest BCUT2D eigenvalue weighted by Gasteiger charge is -2.43. The fourth-order valence-electron chi connectivity index (χ4n) is 1.79. The van der Waals surface area contributed by atoms with E-state index in [1.54, 1.807) is 0 Å². The van der Waals surface area contributed by atoms with E-state index in [-0.39, 0.29) is 11.2 Å². The zero-order valence-corrected chi connectivity index (χ0v) is 9.35. The molecule has 0 N–H and O–H groups in total. The van der Waals surface area contributed by atoms with Crippen LogP contribution in [0.3, 0.4) is 0 Å². The van der Waals surface area contributed by atoms with E-state index in [2.05, 4.69) is 13.8 Å². The van der Waals surface area contributed by atoms with Crippen LogP contribution in [0.5, 0.6) is 0 Å². The molecule has 0 unspecified atom stereocenters. The van der Waals surface area contributed by atoms with E-state index < -0.39 is 0 Å². The van der Waals surface area contributed by atoms with E-state index in [0.717, 1.165) is 19.6 Å². The van der Waals surface area contributed by atoms with Crippen molar-refractivity contribution in [1.29, 1.82) is 0 Å². The highest BCUT2D eigenvalue weighted by molar-refractivity contribution is 4.81. The molecule has 0 aromatic heterocycles. The van der Waals surface area contributed by atoms with Crippen molar-refractivity contribution in [1.82, 2.24) is 0 Å². The van der Waals surface area contributed by atoms with E-state index in [4.69, 9.17) is 9.47 Å². The van der Waals surface area contributed by atoms with Crippen molar-refractivity contribution < 1.29 is 9.47 Å². The quantitative estimate of drug-likeness (QED) is 0.674. The lowest BCUT2D eigenvalue weighted by atomic mass is 9.81. The average molecular weight is 186 g/mol. The molecule has 0 aromatic rings. The lowest BCUT2D eigenvalue weighted by Crippen LogP contribution is -2.46. The molecule has 1 aliphatic heterocycles. The average Bonchev–Trinajstić information content (AvgIpc) is 2.10. The van der Waals surface area contributed by atoms with E-state index >= 15 is 0 Å². The molecule has 1 aliphatic rings. The minimum absolute atomic E-state index is 0.282. The van der Waals surface area contributed by atoms with Crippen LogP contribution in [0.2, 0.25) is 0 Å². The molecule has 0 aromatic carbocycles. The van der Waals surface area contributed by atoms with Crippen molar-refractivity contribution in [2.24, 2.45) is 5.41 Å². The van der Waals surface area contributed by atoms with Gasteiger partial charge in [-0.15, -0.1) is 0 Å². The first-order valence-corrected chi connectivity index (χ1v) is 5.31. The van der Waals surface area contributed by atoms with Crippen molar-refractivity contribution in [3.05, 3.63) is 0 Å². The van der Waals surface area contributed by atoms with Crippen LogP contribution in [0.1, 0.15) is 47.0 Å². The molecule has 0 saturated carbocycles. The number of hydrogen-bond acceptors (Lipinski definition) is 2. The Labute approximate surface area is 81.6 Å². The number of hydrogen-bond donors (Lipinski definition) is 0. The molecule has 0 atom stereocenters. The van der Waals surface area contributed by atoms with Crippen molar-refractivity contribution in [2.75, 3.05) is 13.2 Å². The van der Waals surface area contributed by atoms with Gasteiger partial charge in [-0.25, -0.2) is 0 Å². The van der Waals surface area contributed by atoms with Gasteiger partial charge in [0, 0.05) is 5.41 Å². The van der Waals surface area contributed by atoms with Gasteiger partial charge in [0.1, 0.15) is 0 Å². The molecule has 78 valence electrons. The first-order valence-electron chi connectivity index (χ1n) is 5.31. The van der Waals surface area contributed by atoms with Crippen LogP contribution < -0.4 is 0 Å². The molecule has 0 amide bonds. The monoisotopic (exact) mass is 186 g/mol. The molecule has 2 nitrogen and oxygen atoms in total. The fourth-order valence-corrected chi connectivity index (χ4v) is 1.79. The summed E-state index contributed by atoms with van der Waals surface area (Å²) < 4.78 is 11.4. The van der Waals surface area contributed by atoms with Gasteiger partial charge in [-0.3, -0.25) is 0 Å². The summed E-state index contributed by atoms with van der Waals surface area (Å²) in [4.78, 5) is 0. The first kappa shape index (κ1) is 11.0. The van der Waals surface area contributed by atoms with Crippen LogP contribution in [0.15, 0.2) is 0 Å². The second-order valence-electron chi connectivity index (χ2n) is 4.58. The first-order chi connectivity index (χ1) is 6.04. The molecule has 1 heterocycles. The molecular weight excluding hydrogens is 164 g/mol. The lowest BCUT2D eigenvalue weighted by molar-refractivity contribution is -0.287. The van der Waals surface area contributed by atoms with Gasteiger partial charge in [-0.05, 0) is 26.7 Å². The minimum atomic E-state index is -0.369. The zero-order chi connectivity index (χ0) is 9.95. The molecule has 1 saturated heterocycles. The standard InChI is InChI=1S/C11H22O2/c1-5-7-11(6-2)8-12-10(3,4)13-9-11/h5-9H2,1-4H3. The summed E-state index contributed by atoms with van der Waals surface area (Å²) in [7, 11) is 0. The summed E-state index contributed by atoms with van der Waals surface area (Å²) in [5.41, 5.74) is 0.282. The van der Waals surface area contributed by atoms with E-state index in [9.17, 15) is 0 Å². The Bertz CT molecular complexity index is 153. The predicted octanol–water partition coefficient (Wildman–Crippen LogP) is 2.97. The van der Waals surface area contributed by atoms with E-state index in [0.29, 0.717) is 0 Å². The summed E-state index contributed by atoms with van der Waals surface area (Å²) in [5.74, 6) is -0.369. The summed E-state index contributed by atoms with van der Waals surface area (Å²) in [6.07, 6.45) is 3.57. The highest BCUT2D eigenvalue weighted by atomic mass is 16.7. The van der Waals surface area contributed by atoms with Gasteiger partial charge in [0.25, 0.3) is 0 Å². The van der Waals surface area contributed by atoms with Crippen LogP contribution in [-0.2, 0) is 9.47 Å². The smallest absolute Gasteiger partial charge is 0.162 e. The van der Waals surface area contributed by atoms with Gasteiger partial charge in [-0.2, -0.15) is 0 Å². The molecule has 13 heavy (non-hydrogen) atoms. The zero-order valence-electron chi connectivity index (χ0n) is 9.35. The molecule has 0 spiro atoms. The second kappa shape index (κ2) is 3.97. The molecule has 0 bridgehead atoms. The van der Waals surface area contributed by atoms with Gasteiger partial charge < -0.3 is 9.47 Å². The summed E-state index contributed by atoms with van der Waals surface area (Å²) in [6, 6.07) is 0. The highest BCUT2D eigenvalue weighted by Crippen LogP contribution is 2.36. The minimum Gasteiger partial charge on any atom is -0.350 e. The van der Waals surface area contributed by atoms with Gasteiger partial charge in [0.2, 0.25) is 0 Å². The second-order valence-corrected chi connectivity index (χ2v) is 4.58. The Balaban J connectivity index is 2.52. The van der Waals surface area contributed by atoms with Crippen molar-refractivity contribution in [3.8, 4) is 0 Å². The third-order valence-corrected chi connectivity index (χ3v) is 2.98. The van der Waals surface area contributed by atoms with Crippen LogP contribution in [0.25, 0.3) is 0 Å². The van der Waals surface area contributed by atoms with Crippen molar-refractivity contribution in [2.45, 2.75) is 52.7 Å². The molecular formula is C11H22O2. The van der Waals surface area contributed by atoms with E-state index in [1.165, 1.54) is 12.8 Å². The molecule has 1 rings (SSSR count). The predicted molar refractivity (Wildman–Crippen MR) is 53.6 cm³/mol. The molecule has 0 radical (unpaired) electrons. The van der Waals surface area contributed by atoms with Gasteiger partial charge in [0.05, 0.1) is 13.2 Å². The Kier molecular flexibility index (Phi) is 3.36. The Hall–Kier alpha value is -0.0800. The normalized spacial score (nSPS) is 25.8. The van der Waals surface area contributed by atoms with E-state index in [1.807, 2.05) is 13.8 Å². The van der Waals surface area contributed by atoms with Gasteiger partial charge in [-0.1, -0.05) is 20.3 Å². The SMILES string of the molecule is CCCC1(CC)COC(C)(C)OC1. The maximum Gasteiger partial charge on any atom is 0.162 e. The Morgan fingerprint density at radius 3 is 2.00 bits per heavy atom. The van der Waals surface area contributed by atoms with Crippen molar-refractivity contribution >= 4 is 0 Å². The Morgan fingerprint density at radius 2 is 1.62 bits per heavy atom. The molecule has 2 heteroatoms. The van der Waals surface area contributed by atoms with Crippen LogP contribution in [-0.4, -0.2) is 19.0 Å². The third-order valence-electron chi connectivity index (χ3n) is 2.98. The maximum atomic E-state index is 5.70. The fraction of sp³-hybridized carbons (Fsp3) is 1.00. The van der Waals surface area contributed by atoms with Crippen LogP contribution in [0, 0.1) is 5.41 Å².